The molecular weight excluding hydrogens is 226 g/mol. The predicted molar refractivity (Wildman–Crippen MR) is 50.1 cm³/mol. The Morgan fingerprint density at radius 2 is 2.00 bits per heavy atom. The van der Waals surface area contributed by atoms with Gasteiger partial charge in [0.05, 0.1) is 4.92 Å². The maximum absolute atomic E-state index is 11.0. The van der Waals surface area contributed by atoms with Crippen LogP contribution in [0.1, 0.15) is 10.4 Å². The lowest BCUT2D eigenvalue weighted by molar-refractivity contribution is -0.385. The average molecular weight is 230 g/mol. The van der Waals surface area contributed by atoms with Gasteiger partial charge in [-0.2, -0.15) is 0 Å². The van der Waals surface area contributed by atoms with Crippen LogP contribution >= 0.6 is 11.6 Å². The molecule has 0 aromatic heterocycles. The van der Waals surface area contributed by atoms with Crippen LogP contribution in [-0.4, -0.2) is 21.8 Å². The molecule has 0 bridgehead atoms. The number of carbonyl (C=O) groups excluding carboxylic acids is 1. The van der Waals surface area contributed by atoms with Gasteiger partial charge in [-0.25, -0.2) is 4.79 Å². The van der Waals surface area contributed by atoms with Gasteiger partial charge in [-0.3, -0.25) is 14.9 Å². The Morgan fingerprint density at radius 1 is 1.40 bits per heavy atom. The van der Waals surface area contributed by atoms with E-state index in [-0.39, 0.29) is 5.02 Å². The van der Waals surface area contributed by atoms with Crippen LogP contribution in [0.3, 0.4) is 0 Å². The summed E-state index contributed by atoms with van der Waals surface area (Å²) in [7, 11) is 0. The highest BCUT2D eigenvalue weighted by Gasteiger charge is 2.25. The standard InChI is InChI=1S/C8H4ClNO5/c9-4-1-2-5(7(11)8(12)13)6(3-4)10(14)15/h1-3H,(H,12,13). The van der Waals surface area contributed by atoms with Crippen LogP contribution in [0.5, 0.6) is 0 Å². The summed E-state index contributed by atoms with van der Waals surface area (Å²) < 4.78 is 0. The van der Waals surface area contributed by atoms with E-state index in [9.17, 15) is 19.7 Å². The Hall–Kier alpha value is -1.95. The molecule has 15 heavy (non-hydrogen) atoms. The molecule has 0 saturated carbocycles. The summed E-state index contributed by atoms with van der Waals surface area (Å²) in [6, 6.07) is 3.15. The van der Waals surface area contributed by atoms with E-state index >= 15 is 0 Å². The van der Waals surface area contributed by atoms with Crippen molar-refractivity contribution in [3.63, 3.8) is 0 Å². The zero-order chi connectivity index (χ0) is 11.6. The average Bonchev–Trinajstić information content (AvgIpc) is 2.16. The number of nitrogens with zero attached hydrogens (tertiary/aromatic N) is 1. The molecule has 0 atom stereocenters. The minimum absolute atomic E-state index is 0.0589. The van der Waals surface area contributed by atoms with Crippen molar-refractivity contribution in [1.29, 1.82) is 0 Å². The fraction of sp³-hybridized carbons (Fsp3) is 0. The molecule has 0 amide bonds. The summed E-state index contributed by atoms with van der Waals surface area (Å²) in [5.74, 6) is -3.08. The van der Waals surface area contributed by atoms with Gasteiger partial charge in [0.1, 0.15) is 5.56 Å². The van der Waals surface area contributed by atoms with Gasteiger partial charge >= 0.3 is 5.97 Å². The highest BCUT2D eigenvalue weighted by atomic mass is 35.5. The van der Waals surface area contributed by atoms with Gasteiger partial charge < -0.3 is 5.11 Å². The van der Waals surface area contributed by atoms with E-state index in [1.54, 1.807) is 0 Å². The molecule has 1 aromatic carbocycles. The van der Waals surface area contributed by atoms with Gasteiger partial charge in [0.25, 0.3) is 11.5 Å². The molecule has 7 heteroatoms. The smallest absolute Gasteiger partial charge is 0.377 e. The number of nitro benzene ring substituents is 1. The predicted octanol–water partition coefficient (Wildman–Crippen LogP) is 1.52. The molecule has 0 saturated heterocycles. The minimum atomic E-state index is -1.75. The van der Waals surface area contributed by atoms with Crippen LogP contribution in [0.2, 0.25) is 5.02 Å². The number of carbonyl (C=O) groups is 2. The van der Waals surface area contributed by atoms with Crippen molar-refractivity contribution < 1.29 is 19.6 Å². The third-order valence-corrected chi connectivity index (χ3v) is 1.83. The van der Waals surface area contributed by atoms with Crippen molar-refractivity contribution in [2.75, 3.05) is 0 Å². The van der Waals surface area contributed by atoms with Crippen LogP contribution in [-0.2, 0) is 4.79 Å². The molecule has 0 aliphatic carbocycles. The number of rotatable bonds is 3. The summed E-state index contributed by atoms with van der Waals surface area (Å²) in [6.45, 7) is 0. The molecule has 0 heterocycles. The van der Waals surface area contributed by atoms with E-state index < -0.39 is 27.9 Å². The second-order valence-electron chi connectivity index (χ2n) is 2.55. The second-order valence-corrected chi connectivity index (χ2v) is 2.99. The van der Waals surface area contributed by atoms with Crippen LogP contribution in [0.15, 0.2) is 18.2 Å². The lowest BCUT2D eigenvalue weighted by Gasteiger charge is -1.98. The number of hydrogen-bond acceptors (Lipinski definition) is 4. The number of nitro groups is 1. The number of Topliss-reactive ketones (excluding diaryl/α,β-unsaturated/α-hetero) is 1. The fourth-order valence-electron chi connectivity index (χ4n) is 0.963. The van der Waals surface area contributed by atoms with E-state index in [2.05, 4.69) is 0 Å². The highest BCUT2D eigenvalue weighted by molar-refractivity contribution is 6.41. The molecule has 0 unspecified atom stereocenters. The zero-order valence-corrected chi connectivity index (χ0v) is 7.89. The van der Waals surface area contributed by atoms with Crippen LogP contribution in [0.4, 0.5) is 5.69 Å². The number of carboxylic acid groups (broad SMARTS) is 1. The Kier molecular flexibility index (Phi) is 3.01. The molecule has 0 aliphatic rings. The molecule has 0 spiro atoms. The first kappa shape index (κ1) is 11.1. The summed E-state index contributed by atoms with van der Waals surface area (Å²) >= 11 is 5.48. The Morgan fingerprint density at radius 3 is 2.47 bits per heavy atom. The van der Waals surface area contributed by atoms with Gasteiger partial charge in [0, 0.05) is 11.1 Å². The quantitative estimate of drug-likeness (QED) is 0.367. The van der Waals surface area contributed by atoms with Crippen molar-refractivity contribution in [1.82, 2.24) is 0 Å². The highest BCUT2D eigenvalue weighted by Crippen LogP contribution is 2.23. The van der Waals surface area contributed by atoms with Crippen LogP contribution in [0.25, 0.3) is 0 Å². The third kappa shape index (κ3) is 2.29. The van der Waals surface area contributed by atoms with Crippen LogP contribution < -0.4 is 0 Å². The van der Waals surface area contributed by atoms with E-state index in [1.807, 2.05) is 0 Å². The number of halogens is 1. The summed E-state index contributed by atoms with van der Waals surface area (Å²) in [5, 5.41) is 19.0. The summed E-state index contributed by atoms with van der Waals surface area (Å²) in [4.78, 5) is 31.0. The minimum Gasteiger partial charge on any atom is -0.475 e. The van der Waals surface area contributed by atoms with Gasteiger partial charge in [-0.1, -0.05) is 11.6 Å². The largest absolute Gasteiger partial charge is 0.475 e. The Balaban J connectivity index is 3.35. The number of hydrogen-bond donors (Lipinski definition) is 1. The maximum atomic E-state index is 11.0. The first-order valence-electron chi connectivity index (χ1n) is 3.65. The molecule has 78 valence electrons. The van der Waals surface area contributed by atoms with Gasteiger partial charge in [-0.05, 0) is 12.1 Å². The third-order valence-electron chi connectivity index (χ3n) is 1.60. The van der Waals surface area contributed by atoms with Crippen molar-refractivity contribution in [3.05, 3.63) is 38.9 Å². The van der Waals surface area contributed by atoms with E-state index in [1.165, 1.54) is 6.07 Å². The van der Waals surface area contributed by atoms with Crippen molar-refractivity contribution in [3.8, 4) is 0 Å². The van der Waals surface area contributed by atoms with E-state index in [4.69, 9.17) is 16.7 Å². The molecule has 0 aliphatic heterocycles. The molecule has 1 N–H and O–H groups in total. The molecule has 1 aromatic rings. The van der Waals surface area contributed by atoms with Gasteiger partial charge in [-0.15, -0.1) is 0 Å². The van der Waals surface area contributed by atoms with E-state index in [0.29, 0.717) is 0 Å². The van der Waals surface area contributed by atoms with E-state index in [0.717, 1.165) is 12.1 Å². The first-order chi connectivity index (χ1) is 6.93. The number of benzene rings is 1. The normalized spacial score (nSPS) is 9.67. The molecule has 0 radical (unpaired) electrons. The molecule has 0 fully saturated rings. The Labute approximate surface area is 88.2 Å². The molecular formula is C8H4ClNO5. The maximum Gasteiger partial charge on any atom is 0.377 e. The first-order valence-corrected chi connectivity index (χ1v) is 4.03. The van der Waals surface area contributed by atoms with Gasteiger partial charge in [0.15, 0.2) is 0 Å². The number of ketones is 1. The van der Waals surface area contributed by atoms with Gasteiger partial charge in [0.2, 0.25) is 0 Å². The Bertz CT molecular complexity index is 456. The summed E-state index contributed by atoms with van der Waals surface area (Å²) in [5.41, 5.74) is -1.10. The van der Waals surface area contributed by atoms with Crippen molar-refractivity contribution in [2.24, 2.45) is 0 Å². The monoisotopic (exact) mass is 229 g/mol. The van der Waals surface area contributed by atoms with Crippen LogP contribution in [0, 0.1) is 10.1 Å². The molecule has 1 rings (SSSR count). The zero-order valence-electron chi connectivity index (χ0n) is 7.14. The fourth-order valence-corrected chi connectivity index (χ4v) is 1.13. The number of aliphatic carboxylic acids is 1. The van der Waals surface area contributed by atoms with Crippen molar-refractivity contribution in [2.45, 2.75) is 0 Å². The van der Waals surface area contributed by atoms with Crippen molar-refractivity contribution >= 4 is 29.0 Å². The lowest BCUT2D eigenvalue weighted by Crippen LogP contribution is -2.14. The second kappa shape index (κ2) is 4.05. The number of carboxylic acids is 1. The molecule has 6 nitrogen and oxygen atoms in total. The lowest BCUT2D eigenvalue weighted by atomic mass is 10.1. The summed E-state index contributed by atoms with van der Waals surface area (Å²) in [6.07, 6.45) is 0. The SMILES string of the molecule is O=C(O)C(=O)c1ccc(Cl)cc1[N+](=O)[O-]. The topological polar surface area (TPSA) is 97.5 Å².